The van der Waals surface area contributed by atoms with E-state index in [1.165, 1.54) is 68.7 Å². The highest BCUT2D eigenvalue weighted by Gasteiger charge is 2.71. The zero-order chi connectivity index (χ0) is 20.3. The van der Waals surface area contributed by atoms with Crippen LogP contribution in [0.3, 0.4) is 0 Å². The number of hydrogen-bond acceptors (Lipinski definition) is 4. The molecule has 0 unspecified atom stereocenters. The lowest BCUT2D eigenvalue weighted by molar-refractivity contribution is -0.132. The van der Waals surface area contributed by atoms with Gasteiger partial charge in [-0.15, -0.1) is 0 Å². The van der Waals surface area contributed by atoms with Gasteiger partial charge in [-0.2, -0.15) is 0 Å². The third-order valence-corrected chi connectivity index (χ3v) is 10.0. The largest absolute Gasteiger partial charge is 0.373 e. The zero-order valence-electron chi connectivity index (χ0n) is 18.1. The standard InChI is InChI=1S/C26H31N3O2/c30-23-14-21-24-18-13-22-26(7-10-28(22)15-16(18)6-11-31-21)19-12-17(27-8-2-1-3-9-27)4-5-20(19)29(23)25(24)26/h4-6,12,18,21-22,24-25H,1-3,7-11,13-15H2/t18-,21-,22-,24-,25-,26+/m0/s1. The molecule has 5 nitrogen and oxygen atoms in total. The molecule has 6 heterocycles. The van der Waals surface area contributed by atoms with Gasteiger partial charge in [-0.25, -0.2) is 0 Å². The minimum atomic E-state index is 0.0911. The maximum Gasteiger partial charge on any atom is 0.229 e. The molecule has 1 aromatic rings. The second-order valence-electron chi connectivity index (χ2n) is 11.0. The molecule has 1 amide bonds. The quantitative estimate of drug-likeness (QED) is 0.658. The molecule has 1 saturated carbocycles. The number of fused-ring (bicyclic) bond motifs is 2. The van der Waals surface area contributed by atoms with Crippen molar-refractivity contribution in [2.75, 3.05) is 42.6 Å². The normalized spacial score (nSPS) is 42.4. The summed E-state index contributed by atoms with van der Waals surface area (Å²) in [6.45, 7) is 5.30. The van der Waals surface area contributed by atoms with Crippen LogP contribution in [-0.2, 0) is 14.9 Å². The maximum atomic E-state index is 13.6. The van der Waals surface area contributed by atoms with Crippen LogP contribution in [0.4, 0.5) is 11.4 Å². The summed E-state index contributed by atoms with van der Waals surface area (Å²) in [5, 5.41) is 0. The van der Waals surface area contributed by atoms with Crippen LogP contribution < -0.4 is 9.80 Å². The molecular formula is C26H31N3O2. The number of piperidine rings is 3. The van der Waals surface area contributed by atoms with E-state index in [4.69, 9.17) is 4.74 Å². The summed E-state index contributed by atoms with van der Waals surface area (Å²) in [7, 11) is 0. The van der Waals surface area contributed by atoms with E-state index in [1.807, 2.05) is 0 Å². The Balaban J connectivity index is 1.34. The van der Waals surface area contributed by atoms with Gasteiger partial charge in [-0.1, -0.05) is 11.6 Å². The SMILES string of the molecule is O=C1C[C@@H]2OCC=C3CN4CC[C@]56c7cc(N8CCCCC8)ccc7N1[C@H]5[C@H]2[C@H]3C[C@H]46. The van der Waals surface area contributed by atoms with E-state index in [9.17, 15) is 4.79 Å². The predicted octanol–water partition coefficient (Wildman–Crippen LogP) is 3.08. The molecule has 1 aromatic carbocycles. The van der Waals surface area contributed by atoms with Crippen LogP contribution >= 0.6 is 0 Å². The molecule has 4 saturated heterocycles. The fourth-order valence-corrected chi connectivity index (χ4v) is 8.89. The van der Waals surface area contributed by atoms with E-state index in [2.05, 4.69) is 39.0 Å². The summed E-state index contributed by atoms with van der Waals surface area (Å²) < 4.78 is 6.36. The van der Waals surface area contributed by atoms with Crippen molar-refractivity contribution in [3.8, 4) is 0 Å². The van der Waals surface area contributed by atoms with Gasteiger partial charge in [-0.05, 0) is 68.3 Å². The Bertz CT molecular complexity index is 1010. The molecule has 31 heavy (non-hydrogen) atoms. The smallest absolute Gasteiger partial charge is 0.229 e. The van der Waals surface area contributed by atoms with Gasteiger partial charge in [0, 0.05) is 48.4 Å². The Morgan fingerprint density at radius 3 is 2.90 bits per heavy atom. The molecule has 2 bridgehead atoms. The van der Waals surface area contributed by atoms with E-state index >= 15 is 0 Å². The Labute approximate surface area is 184 Å². The molecule has 0 aromatic heterocycles. The molecule has 5 fully saturated rings. The van der Waals surface area contributed by atoms with Gasteiger partial charge in [-0.3, -0.25) is 9.69 Å². The van der Waals surface area contributed by atoms with Crippen LogP contribution in [0.5, 0.6) is 0 Å². The number of nitrogens with zero attached hydrogens (tertiary/aromatic N) is 3. The highest BCUT2D eigenvalue weighted by molar-refractivity contribution is 5.99. The van der Waals surface area contributed by atoms with Gasteiger partial charge in [0.25, 0.3) is 0 Å². The summed E-state index contributed by atoms with van der Waals surface area (Å²) in [5.74, 6) is 1.34. The number of amides is 1. The van der Waals surface area contributed by atoms with Crippen molar-refractivity contribution in [2.24, 2.45) is 11.8 Å². The van der Waals surface area contributed by atoms with Crippen molar-refractivity contribution in [3.05, 3.63) is 35.4 Å². The lowest BCUT2D eigenvalue weighted by Crippen LogP contribution is -2.69. The minimum Gasteiger partial charge on any atom is -0.373 e. The predicted molar refractivity (Wildman–Crippen MR) is 119 cm³/mol. The summed E-state index contributed by atoms with van der Waals surface area (Å²) in [5.41, 5.74) is 5.77. The van der Waals surface area contributed by atoms with Gasteiger partial charge in [0.05, 0.1) is 25.2 Å². The zero-order valence-corrected chi connectivity index (χ0v) is 18.1. The molecule has 5 heteroatoms. The second-order valence-corrected chi connectivity index (χ2v) is 11.0. The fourth-order valence-electron chi connectivity index (χ4n) is 8.89. The average molecular weight is 418 g/mol. The third-order valence-electron chi connectivity index (χ3n) is 10.0. The highest BCUT2D eigenvalue weighted by Crippen LogP contribution is 2.66. The van der Waals surface area contributed by atoms with E-state index < -0.39 is 0 Å². The molecule has 8 rings (SSSR count). The van der Waals surface area contributed by atoms with Gasteiger partial charge >= 0.3 is 0 Å². The number of carbonyl (C=O) groups is 1. The van der Waals surface area contributed by atoms with E-state index in [-0.39, 0.29) is 23.5 Å². The Morgan fingerprint density at radius 2 is 2.00 bits per heavy atom. The molecule has 162 valence electrons. The van der Waals surface area contributed by atoms with Gasteiger partial charge in [0.15, 0.2) is 0 Å². The van der Waals surface area contributed by atoms with E-state index in [0.717, 1.165) is 6.54 Å². The first-order chi connectivity index (χ1) is 15.3. The van der Waals surface area contributed by atoms with Crippen LogP contribution in [0, 0.1) is 11.8 Å². The molecule has 6 atom stereocenters. The lowest BCUT2D eigenvalue weighted by Gasteiger charge is -2.58. The van der Waals surface area contributed by atoms with Crippen molar-refractivity contribution < 1.29 is 9.53 Å². The first-order valence-corrected chi connectivity index (χ1v) is 12.5. The number of ether oxygens (including phenoxy) is 1. The summed E-state index contributed by atoms with van der Waals surface area (Å²) in [4.78, 5) is 21.1. The number of rotatable bonds is 1. The lowest BCUT2D eigenvalue weighted by atomic mass is 9.53. The molecule has 0 N–H and O–H groups in total. The molecular weight excluding hydrogens is 386 g/mol. The van der Waals surface area contributed by atoms with Crippen LogP contribution in [0.15, 0.2) is 29.8 Å². The first-order valence-electron chi connectivity index (χ1n) is 12.5. The number of benzene rings is 1. The molecule has 6 aliphatic heterocycles. The van der Waals surface area contributed by atoms with Crippen molar-refractivity contribution in [1.29, 1.82) is 0 Å². The Kier molecular flexibility index (Phi) is 3.38. The van der Waals surface area contributed by atoms with Gasteiger partial charge in [0.2, 0.25) is 5.91 Å². The third kappa shape index (κ3) is 2.04. The van der Waals surface area contributed by atoms with E-state index in [1.54, 1.807) is 5.57 Å². The molecule has 7 aliphatic rings. The van der Waals surface area contributed by atoms with Crippen LogP contribution in [0.1, 0.15) is 44.1 Å². The van der Waals surface area contributed by atoms with Crippen molar-refractivity contribution in [2.45, 2.75) is 62.1 Å². The number of carbonyl (C=O) groups excluding carboxylic acids is 1. The summed E-state index contributed by atoms with van der Waals surface area (Å²) >= 11 is 0. The van der Waals surface area contributed by atoms with Gasteiger partial charge in [0.1, 0.15) is 0 Å². The second kappa shape index (κ2) is 5.93. The van der Waals surface area contributed by atoms with Crippen molar-refractivity contribution >= 4 is 17.3 Å². The summed E-state index contributed by atoms with van der Waals surface area (Å²) in [6.07, 6.45) is 9.38. The molecule has 1 aliphatic carbocycles. The Morgan fingerprint density at radius 1 is 1.10 bits per heavy atom. The minimum absolute atomic E-state index is 0.0911. The first kappa shape index (κ1) is 17.7. The van der Waals surface area contributed by atoms with Crippen LogP contribution in [-0.4, -0.2) is 61.8 Å². The van der Waals surface area contributed by atoms with E-state index in [0.29, 0.717) is 30.9 Å². The fraction of sp³-hybridized carbons (Fsp3) is 0.654. The summed E-state index contributed by atoms with van der Waals surface area (Å²) in [6, 6.07) is 7.95. The molecule has 0 radical (unpaired) electrons. The monoisotopic (exact) mass is 417 g/mol. The average Bonchev–Trinajstić information content (AvgIpc) is 3.27. The van der Waals surface area contributed by atoms with Crippen molar-refractivity contribution in [1.82, 2.24) is 4.90 Å². The van der Waals surface area contributed by atoms with Crippen LogP contribution in [0.25, 0.3) is 0 Å². The van der Waals surface area contributed by atoms with Crippen molar-refractivity contribution in [3.63, 3.8) is 0 Å². The van der Waals surface area contributed by atoms with Crippen LogP contribution in [0.2, 0.25) is 0 Å². The number of hydrogen-bond donors (Lipinski definition) is 0. The Hall–Kier alpha value is -1.85. The topological polar surface area (TPSA) is 36.0 Å². The number of anilines is 2. The van der Waals surface area contributed by atoms with Gasteiger partial charge < -0.3 is 14.5 Å². The maximum absolute atomic E-state index is 13.6. The highest BCUT2D eigenvalue weighted by atomic mass is 16.5. The molecule has 1 spiro atoms.